The first-order chi connectivity index (χ1) is 15.5. The van der Waals surface area contributed by atoms with Gasteiger partial charge in [0.2, 0.25) is 5.91 Å². The van der Waals surface area contributed by atoms with Crippen molar-refractivity contribution >= 4 is 16.9 Å². The van der Waals surface area contributed by atoms with Crippen molar-refractivity contribution in [1.29, 1.82) is 0 Å². The predicted octanol–water partition coefficient (Wildman–Crippen LogP) is 4.60. The average Bonchev–Trinajstić information content (AvgIpc) is 3.14. The topological polar surface area (TPSA) is 69.0 Å². The molecule has 0 spiro atoms. The lowest BCUT2D eigenvalue weighted by Crippen LogP contribution is -2.23. The van der Waals surface area contributed by atoms with Gasteiger partial charge in [-0.15, -0.1) is 0 Å². The van der Waals surface area contributed by atoms with Gasteiger partial charge in [-0.3, -0.25) is 4.79 Å². The molecule has 0 saturated heterocycles. The number of nitrogens with zero attached hydrogens (tertiary/aromatic N) is 3. The van der Waals surface area contributed by atoms with Gasteiger partial charge in [0.05, 0.1) is 18.5 Å². The van der Waals surface area contributed by atoms with Gasteiger partial charge in [-0.25, -0.2) is 9.67 Å². The summed E-state index contributed by atoms with van der Waals surface area (Å²) < 4.78 is 7.07. The molecule has 1 amide bonds. The van der Waals surface area contributed by atoms with Gasteiger partial charge >= 0.3 is 0 Å². The van der Waals surface area contributed by atoms with Gasteiger partial charge in [0.25, 0.3) is 0 Å². The zero-order chi connectivity index (χ0) is 22.7. The zero-order valence-corrected chi connectivity index (χ0v) is 19.0. The summed E-state index contributed by atoms with van der Waals surface area (Å²) in [6, 6.07) is 17.7. The molecule has 6 heteroatoms. The Bertz CT molecular complexity index is 1240. The van der Waals surface area contributed by atoms with Crippen LogP contribution in [0, 0.1) is 20.8 Å². The molecule has 2 aromatic carbocycles. The van der Waals surface area contributed by atoms with Crippen molar-refractivity contribution in [2.45, 2.75) is 40.2 Å². The van der Waals surface area contributed by atoms with Gasteiger partial charge in [0.15, 0.2) is 5.65 Å². The third-order valence-electron chi connectivity index (χ3n) is 5.83. The number of para-hydroxylation sites is 1. The van der Waals surface area contributed by atoms with E-state index in [9.17, 15) is 4.79 Å². The minimum absolute atomic E-state index is 0.0245. The van der Waals surface area contributed by atoms with Crippen molar-refractivity contribution in [1.82, 2.24) is 20.1 Å². The maximum atomic E-state index is 12.5. The fourth-order valence-corrected chi connectivity index (χ4v) is 4.09. The molecule has 0 atom stereocenters. The molecule has 1 N–H and O–H groups in total. The number of fused-ring (bicyclic) bond motifs is 1. The van der Waals surface area contributed by atoms with Crippen LogP contribution in [0.25, 0.3) is 16.7 Å². The quantitative estimate of drug-likeness (QED) is 0.467. The van der Waals surface area contributed by atoms with Crippen molar-refractivity contribution in [3.05, 3.63) is 82.7 Å². The first kappa shape index (κ1) is 21.6. The summed E-state index contributed by atoms with van der Waals surface area (Å²) in [5.74, 6) is 0.830. The fourth-order valence-electron chi connectivity index (χ4n) is 4.09. The highest BCUT2D eigenvalue weighted by Gasteiger charge is 2.18. The Kier molecular flexibility index (Phi) is 6.21. The fraction of sp³-hybridized carbons (Fsp3) is 0.269. The number of rotatable bonds is 7. The van der Waals surface area contributed by atoms with Crippen molar-refractivity contribution in [2.24, 2.45) is 0 Å². The molecule has 32 heavy (non-hydrogen) atoms. The number of benzene rings is 2. The van der Waals surface area contributed by atoms with Crippen molar-refractivity contribution in [3.63, 3.8) is 0 Å². The number of carbonyl (C=O) groups is 1. The number of amides is 1. The minimum atomic E-state index is 0.0245. The third-order valence-corrected chi connectivity index (χ3v) is 5.83. The highest BCUT2D eigenvalue weighted by atomic mass is 16.5. The molecule has 0 aliphatic carbocycles. The van der Waals surface area contributed by atoms with Gasteiger partial charge in [0.1, 0.15) is 5.75 Å². The lowest BCUT2D eigenvalue weighted by molar-refractivity contribution is -0.121. The van der Waals surface area contributed by atoms with Crippen LogP contribution >= 0.6 is 0 Å². The van der Waals surface area contributed by atoms with E-state index in [-0.39, 0.29) is 5.91 Å². The van der Waals surface area contributed by atoms with Gasteiger partial charge in [0, 0.05) is 24.0 Å². The summed E-state index contributed by atoms with van der Waals surface area (Å²) in [6.07, 6.45) is 1.06. The summed E-state index contributed by atoms with van der Waals surface area (Å²) in [5, 5.41) is 8.81. The Hall–Kier alpha value is -3.67. The lowest BCUT2D eigenvalue weighted by Gasteiger charge is -2.12. The van der Waals surface area contributed by atoms with Crippen LogP contribution in [-0.4, -0.2) is 27.8 Å². The molecule has 0 aliphatic heterocycles. The molecule has 6 nitrogen and oxygen atoms in total. The third kappa shape index (κ3) is 4.35. The van der Waals surface area contributed by atoms with Crippen LogP contribution in [0.3, 0.4) is 0 Å². The van der Waals surface area contributed by atoms with E-state index in [0.29, 0.717) is 19.4 Å². The van der Waals surface area contributed by atoms with Crippen LogP contribution in [0.15, 0.2) is 54.6 Å². The Balaban J connectivity index is 1.49. The first-order valence-electron chi connectivity index (χ1n) is 10.8. The summed E-state index contributed by atoms with van der Waals surface area (Å²) in [7, 11) is 1.64. The number of pyridine rings is 1. The Morgan fingerprint density at radius 2 is 1.72 bits per heavy atom. The van der Waals surface area contributed by atoms with E-state index in [1.807, 2.05) is 73.1 Å². The minimum Gasteiger partial charge on any atom is -0.497 e. The van der Waals surface area contributed by atoms with Gasteiger partial charge in [-0.05, 0) is 68.1 Å². The van der Waals surface area contributed by atoms with Gasteiger partial charge in [-0.2, -0.15) is 5.10 Å². The zero-order valence-electron chi connectivity index (χ0n) is 19.0. The van der Waals surface area contributed by atoms with E-state index in [4.69, 9.17) is 14.8 Å². The van der Waals surface area contributed by atoms with Gasteiger partial charge < -0.3 is 10.1 Å². The molecule has 0 fully saturated rings. The van der Waals surface area contributed by atoms with E-state index in [1.165, 1.54) is 0 Å². The molecule has 2 aromatic heterocycles. The molecule has 164 valence electrons. The SMILES string of the molecule is COc1ccc(CNC(=O)CCc2c(C)nc3c(c(C)nn3-c3ccccc3)c2C)cc1. The Labute approximate surface area is 188 Å². The van der Waals surface area contributed by atoms with Crippen molar-refractivity contribution in [3.8, 4) is 11.4 Å². The van der Waals surface area contributed by atoms with Crippen LogP contribution in [0.1, 0.15) is 34.5 Å². The number of hydrogen-bond acceptors (Lipinski definition) is 4. The maximum absolute atomic E-state index is 12.5. The second-order valence-corrected chi connectivity index (χ2v) is 7.96. The van der Waals surface area contributed by atoms with Crippen molar-refractivity contribution < 1.29 is 9.53 Å². The number of nitrogens with one attached hydrogen (secondary N) is 1. The second kappa shape index (κ2) is 9.22. The van der Waals surface area contributed by atoms with E-state index in [0.717, 1.165) is 50.5 Å². The van der Waals surface area contributed by atoms with Crippen LogP contribution in [0.4, 0.5) is 0 Å². The molecule has 0 unspecified atom stereocenters. The average molecular weight is 429 g/mol. The van der Waals surface area contributed by atoms with Crippen LogP contribution in [0.5, 0.6) is 5.75 Å². The molecule has 0 bridgehead atoms. The summed E-state index contributed by atoms with van der Waals surface area (Å²) in [4.78, 5) is 17.4. The number of ether oxygens (including phenoxy) is 1. The van der Waals surface area contributed by atoms with Crippen LogP contribution in [-0.2, 0) is 17.8 Å². The molecule has 0 saturated carbocycles. The van der Waals surface area contributed by atoms with Gasteiger partial charge in [-0.1, -0.05) is 30.3 Å². The first-order valence-corrected chi connectivity index (χ1v) is 10.8. The number of aromatic nitrogens is 3. The molecule has 0 aliphatic rings. The molecule has 4 aromatic rings. The standard InChI is InChI=1S/C26H28N4O2/c1-17-23(14-15-24(31)27-16-20-10-12-22(32-4)13-11-20)18(2)28-26-25(17)19(3)29-30(26)21-8-6-5-7-9-21/h5-13H,14-16H2,1-4H3,(H,27,31). The van der Waals surface area contributed by atoms with E-state index >= 15 is 0 Å². The Morgan fingerprint density at radius 3 is 2.41 bits per heavy atom. The van der Waals surface area contributed by atoms with E-state index < -0.39 is 0 Å². The number of aryl methyl sites for hydroxylation is 3. The highest BCUT2D eigenvalue weighted by Crippen LogP contribution is 2.28. The predicted molar refractivity (Wildman–Crippen MR) is 126 cm³/mol. The van der Waals surface area contributed by atoms with E-state index in [1.54, 1.807) is 7.11 Å². The molecule has 0 radical (unpaired) electrons. The number of carbonyl (C=O) groups excluding carboxylic acids is 1. The van der Waals surface area contributed by atoms with Crippen LogP contribution in [0.2, 0.25) is 0 Å². The number of hydrogen-bond donors (Lipinski definition) is 1. The number of methoxy groups -OCH3 is 1. The van der Waals surface area contributed by atoms with E-state index in [2.05, 4.69) is 12.2 Å². The smallest absolute Gasteiger partial charge is 0.220 e. The molecular weight excluding hydrogens is 400 g/mol. The van der Waals surface area contributed by atoms with Crippen molar-refractivity contribution in [2.75, 3.05) is 7.11 Å². The second-order valence-electron chi connectivity index (χ2n) is 7.96. The van der Waals surface area contributed by atoms with Crippen LogP contribution < -0.4 is 10.1 Å². The highest BCUT2D eigenvalue weighted by molar-refractivity contribution is 5.85. The largest absolute Gasteiger partial charge is 0.497 e. The lowest BCUT2D eigenvalue weighted by atomic mass is 9.99. The molecule has 2 heterocycles. The maximum Gasteiger partial charge on any atom is 0.220 e. The Morgan fingerprint density at radius 1 is 1.00 bits per heavy atom. The summed E-state index contributed by atoms with van der Waals surface area (Å²) in [6.45, 7) is 6.62. The molecular formula is C26H28N4O2. The summed E-state index contributed by atoms with van der Waals surface area (Å²) >= 11 is 0. The molecule has 4 rings (SSSR count). The normalized spacial score (nSPS) is 11.0. The monoisotopic (exact) mass is 428 g/mol. The summed E-state index contributed by atoms with van der Waals surface area (Å²) in [5.41, 5.74) is 7.04.